The van der Waals surface area contributed by atoms with E-state index in [0.717, 1.165) is 12.2 Å². The van der Waals surface area contributed by atoms with Crippen molar-refractivity contribution >= 4 is 11.9 Å². The van der Waals surface area contributed by atoms with Gasteiger partial charge in [-0.2, -0.15) is 0 Å². The van der Waals surface area contributed by atoms with Gasteiger partial charge < -0.3 is 9.84 Å². The third kappa shape index (κ3) is 3.91. The molecule has 0 bridgehead atoms. The minimum Gasteiger partial charge on any atom is -0.478 e. The number of methoxy groups -OCH3 is 1. The lowest BCUT2D eigenvalue weighted by Gasteiger charge is -1.94. The number of carbonyl (C=O) groups excluding carboxylic acids is 1. The number of carboxylic acids is 1. The van der Waals surface area contributed by atoms with E-state index in [1.807, 2.05) is 0 Å². The second kappa shape index (κ2) is 4.27. The lowest BCUT2D eigenvalue weighted by Crippen LogP contribution is -2.01. The number of hydrogen-bond acceptors (Lipinski definition) is 3. The number of ether oxygens (including phenoxy) is 1. The molecule has 0 aliphatic heterocycles. The number of carboxylic acid groups (broad SMARTS) is 1. The summed E-state index contributed by atoms with van der Waals surface area (Å²) >= 11 is 0. The first-order valence-electron chi connectivity index (χ1n) is 2.76. The molecule has 1 N–H and O–H groups in total. The summed E-state index contributed by atoms with van der Waals surface area (Å²) in [5.41, 5.74) is 0.00917. The standard InChI is InChI=1S/C7H8O4/c1-5(7(10)11-2)3-4-6(8)9/h3-4H,1H2,2H3,(H,8,9). The van der Waals surface area contributed by atoms with Gasteiger partial charge in [0.2, 0.25) is 0 Å². The van der Waals surface area contributed by atoms with E-state index < -0.39 is 11.9 Å². The molecule has 11 heavy (non-hydrogen) atoms. The number of hydrogen-bond donors (Lipinski definition) is 1. The summed E-state index contributed by atoms with van der Waals surface area (Å²) in [7, 11) is 1.20. The first kappa shape index (κ1) is 9.42. The molecule has 4 heteroatoms. The quantitative estimate of drug-likeness (QED) is 0.364. The highest BCUT2D eigenvalue weighted by molar-refractivity contribution is 5.92. The highest BCUT2D eigenvalue weighted by Gasteiger charge is 2.01. The molecular weight excluding hydrogens is 148 g/mol. The van der Waals surface area contributed by atoms with Crippen LogP contribution in [0.5, 0.6) is 0 Å². The van der Waals surface area contributed by atoms with Crippen molar-refractivity contribution in [1.29, 1.82) is 0 Å². The minimum absolute atomic E-state index is 0.00917. The maximum atomic E-state index is 10.6. The van der Waals surface area contributed by atoms with E-state index in [1.54, 1.807) is 0 Å². The molecule has 0 fully saturated rings. The first-order valence-corrected chi connectivity index (χ1v) is 2.76. The summed E-state index contributed by atoms with van der Waals surface area (Å²) in [5, 5.41) is 8.14. The Balaban J connectivity index is 4.08. The zero-order valence-electron chi connectivity index (χ0n) is 6.03. The van der Waals surface area contributed by atoms with Crippen molar-refractivity contribution in [3.63, 3.8) is 0 Å². The molecule has 0 aromatic heterocycles. The van der Waals surface area contributed by atoms with Gasteiger partial charge in [0.15, 0.2) is 0 Å². The fourth-order valence-corrected chi connectivity index (χ4v) is 0.371. The third-order valence-corrected chi connectivity index (χ3v) is 0.875. The Morgan fingerprint density at radius 3 is 2.36 bits per heavy atom. The fourth-order valence-electron chi connectivity index (χ4n) is 0.371. The summed E-state index contributed by atoms with van der Waals surface area (Å²) in [6, 6.07) is 0. The van der Waals surface area contributed by atoms with Gasteiger partial charge in [-0.25, -0.2) is 9.59 Å². The zero-order chi connectivity index (χ0) is 8.85. The predicted molar refractivity (Wildman–Crippen MR) is 37.9 cm³/mol. The molecule has 0 saturated heterocycles. The molecule has 0 radical (unpaired) electrons. The predicted octanol–water partition coefficient (Wildman–Crippen LogP) is 0.356. The Morgan fingerprint density at radius 1 is 1.45 bits per heavy atom. The topological polar surface area (TPSA) is 63.6 Å². The minimum atomic E-state index is -1.13. The van der Waals surface area contributed by atoms with Crippen LogP contribution < -0.4 is 0 Å². The molecular formula is C7H8O4. The van der Waals surface area contributed by atoms with Gasteiger partial charge in [0, 0.05) is 6.08 Å². The molecule has 0 atom stereocenters. The van der Waals surface area contributed by atoms with Gasteiger partial charge in [0.05, 0.1) is 12.7 Å². The van der Waals surface area contributed by atoms with Gasteiger partial charge in [-0.3, -0.25) is 0 Å². The number of carbonyl (C=O) groups is 2. The van der Waals surface area contributed by atoms with Crippen LogP contribution in [-0.2, 0) is 14.3 Å². The molecule has 0 unspecified atom stereocenters. The van der Waals surface area contributed by atoms with E-state index >= 15 is 0 Å². The molecule has 0 heterocycles. The van der Waals surface area contributed by atoms with Crippen molar-refractivity contribution in [3.8, 4) is 0 Å². The van der Waals surface area contributed by atoms with Crippen LogP contribution in [0.2, 0.25) is 0 Å². The maximum absolute atomic E-state index is 10.6. The Morgan fingerprint density at radius 2 is 2.00 bits per heavy atom. The largest absolute Gasteiger partial charge is 0.478 e. The van der Waals surface area contributed by atoms with Crippen molar-refractivity contribution < 1.29 is 19.4 Å². The van der Waals surface area contributed by atoms with E-state index in [4.69, 9.17) is 5.11 Å². The van der Waals surface area contributed by atoms with Gasteiger partial charge in [-0.05, 0) is 6.08 Å². The van der Waals surface area contributed by atoms with Crippen LogP contribution in [0.15, 0.2) is 24.3 Å². The molecule has 60 valence electrons. The van der Waals surface area contributed by atoms with E-state index in [0.29, 0.717) is 0 Å². The second-order valence-electron chi connectivity index (χ2n) is 1.69. The molecule has 0 aliphatic carbocycles. The average molecular weight is 156 g/mol. The van der Waals surface area contributed by atoms with Gasteiger partial charge in [0.25, 0.3) is 0 Å². The Bertz CT molecular complexity index is 214. The SMILES string of the molecule is C=C(C=CC(=O)O)C(=O)OC. The molecule has 0 aromatic rings. The van der Waals surface area contributed by atoms with E-state index in [-0.39, 0.29) is 5.57 Å². The smallest absolute Gasteiger partial charge is 0.337 e. The summed E-state index contributed by atoms with van der Waals surface area (Å²) in [4.78, 5) is 20.5. The van der Waals surface area contributed by atoms with Crippen LogP contribution in [0.4, 0.5) is 0 Å². The van der Waals surface area contributed by atoms with Gasteiger partial charge in [0.1, 0.15) is 0 Å². The van der Waals surface area contributed by atoms with Crippen LogP contribution in [0, 0.1) is 0 Å². The van der Waals surface area contributed by atoms with E-state index in [9.17, 15) is 9.59 Å². The molecule has 0 aromatic carbocycles. The van der Waals surface area contributed by atoms with Crippen LogP contribution in [0.1, 0.15) is 0 Å². The van der Waals surface area contributed by atoms with Crippen molar-refractivity contribution in [2.45, 2.75) is 0 Å². The third-order valence-electron chi connectivity index (χ3n) is 0.875. The highest BCUT2D eigenvalue weighted by Crippen LogP contribution is 1.94. The summed E-state index contributed by atoms with van der Waals surface area (Å²) < 4.78 is 4.26. The Hall–Kier alpha value is -1.58. The Labute approximate surface area is 63.8 Å². The normalized spacial score (nSPS) is 9.55. The van der Waals surface area contributed by atoms with Crippen LogP contribution in [-0.4, -0.2) is 24.2 Å². The van der Waals surface area contributed by atoms with Crippen molar-refractivity contribution in [2.24, 2.45) is 0 Å². The lowest BCUT2D eigenvalue weighted by atomic mass is 10.3. The summed E-state index contributed by atoms with van der Waals surface area (Å²) in [5.74, 6) is -1.77. The molecule has 0 rings (SSSR count). The van der Waals surface area contributed by atoms with Crippen LogP contribution in [0.25, 0.3) is 0 Å². The van der Waals surface area contributed by atoms with Crippen molar-refractivity contribution in [1.82, 2.24) is 0 Å². The second-order valence-corrected chi connectivity index (χ2v) is 1.69. The summed E-state index contributed by atoms with van der Waals surface area (Å²) in [6.07, 6.45) is 1.90. The van der Waals surface area contributed by atoms with Crippen molar-refractivity contribution in [3.05, 3.63) is 24.3 Å². The lowest BCUT2D eigenvalue weighted by molar-refractivity contribution is -0.135. The Kier molecular flexibility index (Phi) is 3.66. The fraction of sp³-hybridized carbons (Fsp3) is 0.143. The van der Waals surface area contributed by atoms with Gasteiger partial charge >= 0.3 is 11.9 Å². The van der Waals surface area contributed by atoms with Crippen LogP contribution >= 0.6 is 0 Å². The maximum Gasteiger partial charge on any atom is 0.337 e. The number of aliphatic carboxylic acids is 1. The average Bonchev–Trinajstić information content (AvgIpc) is 1.98. The number of esters is 1. The number of rotatable bonds is 3. The molecule has 0 aliphatic rings. The molecule has 0 amide bonds. The monoisotopic (exact) mass is 156 g/mol. The zero-order valence-corrected chi connectivity index (χ0v) is 6.03. The van der Waals surface area contributed by atoms with Crippen LogP contribution in [0.3, 0.4) is 0 Å². The molecule has 0 spiro atoms. The molecule has 4 nitrogen and oxygen atoms in total. The van der Waals surface area contributed by atoms with Crippen molar-refractivity contribution in [2.75, 3.05) is 7.11 Å². The molecule has 0 saturated carbocycles. The van der Waals surface area contributed by atoms with E-state index in [2.05, 4.69) is 11.3 Å². The first-order chi connectivity index (χ1) is 5.07. The van der Waals surface area contributed by atoms with Gasteiger partial charge in [-0.1, -0.05) is 6.58 Å². The van der Waals surface area contributed by atoms with E-state index in [1.165, 1.54) is 7.11 Å². The van der Waals surface area contributed by atoms with Gasteiger partial charge in [-0.15, -0.1) is 0 Å². The summed E-state index contributed by atoms with van der Waals surface area (Å²) in [6.45, 7) is 3.27. The highest BCUT2D eigenvalue weighted by atomic mass is 16.5.